The Morgan fingerprint density at radius 1 is 1.73 bits per heavy atom. The minimum atomic E-state index is -0.0236. The molecule has 1 saturated heterocycles. The maximum absolute atomic E-state index is 11.6. The van der Waals surface area contributed by atoms with Crippen molar-refractivity contribution in [2.45, 2.75) is 25.9 Å². The smallest absolute Gasteiger partial charge is 0.225 e. The predicted octanol–water partition coefficient (Wildman–Crippen LogP) is 1.23. The Labute approximate surface area is 88.6 Å². The Morgan fingerprint density at radius 2 is 2.53 bits per heavy atom. The van der Waals surface area contributed by atoms with E-state index in [9.17, 15) is 4.79 Å². The minimum Gasteiger partial charge on any atom is -0.378 e. The molecule has 84 valence electrons. The molecule has 1 heterocycles. The molecule has 2 unspecified atom stereocenters. The zero-order valence-electron chi connectivity index (χ0n) is 8.85. The lowest BCUT2D eigenvalue weighted by atomic mass is 10.0. The van der Waals surface area contributed by atoms with Crippen LogP contribution in [0.25, 0.3) is 10.4 Å². The summed E-state index contributed by atoms with van der Waals surface area (Å²) in [5.41, 5.74) is 8.04. The van der Waals surface area contributed by atoms with E-state index in [0.717, 1.165) is 6.42 Å². The zero-order valence-corrected chi connectivity index (χ0v) is 8.85. The third-order valence-corrected chi connectivity index (χ3v) is 2.51. The van der Waals surface area contributed by atoms with E-state index in [1.807, 2.05) is 6.92 Å². The average molecular weight is 212 g/mol. The number of hydrogen-bond acceptors (Lipinski definition) is 3. The Bertz CT molecular complexity index is 263. The van der Waals surface area contributed by atoms with Crippen molar-refractivity contribution >= 4 is 5.91 Å². The molecule has 0 saturated carbocycles. The van der Waals surface area contributed by atoms with Crippen molar-refractivity contribution in [2.24, 2.45) is 11.0 Å². The van der Waals surface area contributed by atoms with Crippen LogP contribution in [0.4, 0.5) is 0 Å². The molecule has 15 heavy (non-hydrogen) atoms. The number of rotatable bonds is 5. The van der Waals surface area contributed by atoms with Gasteiger partial charge in [-0.25, -0.2) is 0 Å². The largest absolute Gasteiger partial charge is 0.378 e. The van der Waals surface area contributed by atoms with Gasteiger partial charge in [-0.2, -0.15) is 0 Å². The summed E-state index contributed by atoms with van der Waals surface area (Å²) >= 11 is 0. The Kier molecular flexibility index (Phi) is 4.93. The molecule has 0 aromatic heterocycles. The summed E-state index contributed by atoms with van der Waals surface area (Å²) < 4.78 is 5.30. The van der Waals surface area contributed by atoms with Gasteiger partial charge in [-0.1, -0.05) is 5.11 Å². The van der Waals surface area contributed by atoms with E-state index in [2.05, 4.69) is 15.3 Å². The molecule has 6 heteroatoms. The highest BCUT2D eigenvalue weighted by molar-refractivity contribution is 5.79. The topological polar surface area (TPSA) is 87.1 Å². The first-order valence-corrected chi connectivity index (χ1v) is 5.16. The summed E-state index contributed by atoms with van der Waals surface area (Å²) in [5.74, 6) is 0.0189. The maximum atomic E-state index is 11.6. The van der Waals surface area contributed by atoms with Crippen molar-refractivity contribution in [2.75, 3.05) is 19.7 Å². The van der Waals surface area contributed by atoms with Gasteiger partial charge in [-0.15, -0.1) is 0 Å². The van der Waals surface area contributed by atoms with Crippen molar-refractivity contribution in [3.8, 4) is 0 Å². The second kappa shape index (κ2) is 6.27. The highest BCUT2D eigenvalue weighted by Crippen LogP contribution is 2.20. The molecule has 1 aliphatic rings. The number of nitrogens with one attached hydrogen (secondary N) is 1. The van der Waals surface area contributed by atoms with E-state index in [0.29, 0.717) is 26.1 Å². The summed E-state index contributed by atoms with van der Waals surface area (Å²) in [6, 6.07) is 0. The van der Waals surface area contributed by atoms with E-state index in [1.165, 1.54) is 0 Å². The number of amides is 1. The van der Waals surface area contributed by atoms with E-state index in [4.69, 9.17) is 10.3 Å². The van der Waals surface area contributed by atoms with Crippen LogP contribution >= 0.6 is 0 Å². The summed E-state index contributed by atoms with van der Waals surface area (Å²) in [5, 5.41) is 6.20. The van der Waals surface area contributed by atoms with Gasteiger partial charge in [0.25, 0.3) is 0 Å². The molecule has 1 aliphatic heterocycles. The van der Waals surface area contributed by atoms with Crippen molar-refractivity contribution in [3.63, 3.8) is 0 Å². The van der Waals surface area contributed by atoms with Gasteiger partial charge < -0.3 is 10.1 Å². The quantitative estimate of drug-likeness (QED) is 0.321. The molecular formula is C9H16N4O2. The van der Waals surface area contributed by atoms with Gasteiger partial charge in [-0.05, 0) is 25.3 Å². The van der Waals surface area contributed by atoms with E-state index < -0.39 is 0 Å². The van der Waals surface area contributed by atoms with Crippen molar-refractivity contribution < 1.29 is 9.53 Å². The first-order valence-electron chi connectivity index (χ1n) is 5.16. The number of azide groups is 1. The van der Waals surface area contributed by atoms with Gasteiger partial charge in [0.2, 0.25) is 5.91 Å². The van der Waals surface area contributed by atoms with Crippen LogP contribution in [0.5, 0.6) is 0 Å². The second-order valence-corrected chi connectivity index (χ2v) is 3.57. The van der Waals surface area contributed by atoms with Crippen molar-refractivity contribution in [3.05, 3.63) is 10.4 Å². The Morgan fingerprint density at radius 3 is 3.13 bits per heavy atom. The summed E-state index contributed by atoms with van der Waals surface area (Å²) in [6.07, 6.45) is 1.49. The number of hydrogen-bond donors (Lipinski definition) is 1. The molecule has 0 aliphatic carbocycles. The maximum Gasteiger partial charge on any atom is 0.225 e. The molecule has 1 amide bonds. The van der Waals surface area contributed by atoms with Gasteiger partial charge in [-0.3, -0.25) is 4.79 Å². The fourth-order valence-corrected chi connectivity index (χ4v) is 1.61. The molecule has 1 fully saturated rings. The number of carbonyl (C=O) groups excluding carboxylic acids is 1. The van der Waals surface area contributed by atoms with Crippen LogP contribution in [0.15, 0.2) is 5.11 Å². The standard InChI is InChI=1S/C9H16N4O2/c1-7-8(3-6-15-7)9(14)11-4-2-5-12-13-10/h7-8H,2-6H2,1H3,(H,11,14). The van der Waals surface area contributed by atoms with Gasteiger partial charge in [0, 0.05) is 24.6 Å². The fourth-order valence-electron chi connectivity index (χ4n) is 1.61. The van der Waals surface area contributed by atoms with Gasteiger partial charge in [0.1, 0.15) is 0 Å². The lowest BCUT2D eigenvalue weighted by molar-refractivity contribution is -0.126. The number of ether oxygens (including phenoxy) is 1. The summed E-state index contributed by atoms with van der Waals surface area (Å²) in [4.78, 5) is 14.2. The summed E-state index contributed by atoms with van der Waals surface area (Å²) in [7, 11) is 0. The van der Waals surface area contributed by atoms with E-state index in [1.54, 1.807) is 0 Å². The van der Waals surface area contributed by atoms with Gasteiger partial charge >= 0.3 is 0 Å². The molecule has 1 N–H and O–H groups in total. The highest BCUT2D eigenvalue weighted by atomic mass is 16.5. The molecule has 0 bridgehead atoms. The van der Waals surface area contributed by atoms with Crippen LogP contribution in [0.1, 0.15) is 19.8 Å². The second-order valence-electron chi connectivity index (χ2n) is 3.57. The Balaban J connectivity index is 2.15. The zero-order chi connectivity index (χ0) is 11.1. The third-order valence-electron chi connectivity index (χ3n) is 2.51. The Hall–Kier alpha value is -1.26. The predicted molar refractivity (Wildman–Crippen MR) is 55.2 cm³/mol. The third kappa shape index (κ3) is 3.77. The highest BCUT2D eigenvalue weighted by Gasteiger charge is 2.30. The fraction of sp³-hybridized carbons (Fsp3) is 0.889. The molecule has 2 atom stereocenters. The lowest BCUT2D eigenvalue weighted by Crippen LogP contribution is -2.34. The first-order chi connectivity index (χ1) is 7.25. The monoisotopic (exact) mass is 212 g/mol. The van der Waals surface area contributed by atoms with Crippen LogP contribution in [0, 0.1) is 5.92 Å². The van der Waals surface area contributed by atoms with E-state index >= 15 is 0 Å². The van der Waals surface area contributed by atoms with Gasteiger partial charge in [0.05, 0.1) is 12.0 Å². The van der Waals surface area contributed by atoms with Crippen LogP contribution in [0.3, 0.4) is 0 Å². The van der Waals surface area contributed by atoms with E-state index in [-0.39, 0.29) is 17.9 Å². The van der Waals surface area contributed by atoms with Crippen LogP contribution in [-0.4, -0.2) is 31.7 Å². The van der Waals surface area contributed by atoms with Crippen molar-refractivity contribution in [1.82, 2.24) is 5.32 Å². The molecule has 0 aromatic carbocycles. The molecule has 0 radical (unpaired) electrons. The summed E-state index contributed by atoms with van der Waals surface area (Å²) in [6.45, 7) is 3.56. The van der Waals surface area contributed by atoms with Crippen molar-refractivity contribution in [1.29, 1.82) is 0 Å². The van der Waals surface area contributed by atoms with Gasteiger partial charge in [0.15, 0.2) is 0 Å². The molecule has 1 rings (SSSR count). The molecular weight excluding hydrogens is 196 g/mol. The first kappa shape index (κ1) is 11.8. The van der Waals surface area contributed by atoms with Crippen LogP contribution in [-0.2, 0) is 9.53 Å². The number of nitrogens with zero attached hydrogens (tertiary/aromatic N) is 3. The molecule has 0 spiro atoms. The SMILES string of the molecule is CC1OCCC1C(=O)NCCCN=[N+]=[N-]. The minimum absolute atomic E-state index is 0.0159. The molecule has 6 nitrogen and oxygen atoms in total. The van der Waals surface area contributed by atoms with Crippen LogP contribution < -0.4 is 5.32 Å². The normalized spacial score (nSPS) is 24.6. The average Bonchev–Trinajstić information content (AvgIpc) is 2.64. The molecule has 0 aromatic rings. The van der Waals surface area contributed by atoms with Crippen LogP contribution in [0.2, 0.25) is 0 Å². The lowest BCUT2D eigenvalue weighted by Gasteiger charge is -2.13. The number of carbonyl (C=O) groups is 1.